The lowest BCUT2D eigenvalue weighted by Crippen LogP contribution is -2.54. The van der Waals surface area contributed by atoms with Crippen molar-refractivity contribution in [3.05, 3.63) is 28.8 Å². The third-order valence-electron chi connectivity index (χ3n) is 5.48. The van der Waals surface area contributed by atoms with E-state index in [9.17, 15) is 37.9 Å². The molecule has 2 rings (SSSR count). The minimum absolute atomic E-state index is 0.0489. The number of benzene rings is 1. The number of hydrogen-bond donors (Lipinski definition) is 4. The lowest BCUT2D eigenvalue weighted by Gasteiger charge is -2.27. The van der Waals surface area contributed by atoms with Crippen molar-refractivity contribution >= 4 is 30.0 Å². The Labute approximate surface area is 194 Å². The van der Waals surface area contributed by atoms with Gasteiger partial charge in [0.15, 0.2) is 0 Å². The zero-order valence-electron chi connectivity index (χ0n) is 18.9. The Morgan fingerprint density at radius 3 is 2.47 bits per heavy atom. The zero-order chi connectivity index (χ0) is 25.8. The number of carboxylic acid groups (broad SMARTS) is 1. The van der Waals surface area contributed by atoms with Crippen molar-refractivity contribution < 1.29 is 43.0 Å². The number of carbonyl (C=O) groups is 5. The van der Waals surface area contributed by atoms with Crippen molar-refractivity contribution in [1.82, 2.24) is 15.5 Å². The van der Waals surface area contributed by atoms with Gasteiger partial charge < -0.3 is 30.5 Å². The standard InChI is InChI=1S/C22H27F2N3O7/c1-4-13-6-14(5-11(2)18(13)31)19(32)25-12(3)21(34)27-10-22(23,24)8-16(27)20(33)26-15(9-28)7-17(29)30/h5-6,9,12,15-16,31H,4,7-8,10H2,1-3H3,(H,25,32)(H,26,33)(H,29,30)/t12-,15-,16-/m0/s1. The molecule has 4 N–H and O–H groups in total. The van der Waals surface area contributed by atoms with Crippen LogP contribution in [-0.4, -0.2) is 75.7 Å². The highest BCUT2D eigenvalue weighted by Gasteiger charge is 2.51. The first kappa shape index (κ1) is 26.7. The van der Waals surface area contributed by atoms with Crippen LogP contribution in [0.2, 0.25) is 0 Å². The smallest absolute Gasteiger partial charge is 0.305 e. The van der Waals surface area contributed by atoms with Crippen molar-refractivity contribution in [2.75, 3.05) is 6.54 Å². The summed E-state index contributed by atoms with van der Waals surface area (Å²) in [5.41, 5.74) is 1.13. The van der Waals surface area contributed by atoms with Crippen LogP contribution in [0, 0.1) is 6.92 Å². The van der Waals surface area contributed by atoms with E-state index in [4.69, 9.17) is 5.11 Å². The van der Waals surface area contributed by atoms with Gasteiger partial charge in [-0.3, -0.25) is 19.2 Å². The maximum atomic E-state index is 14.1. The lowest BCUT2D eigenvalue weighted by molar-refractivity contribution is -0.142. The van der Waals surface area contributed by atoms with Crippen LogP contribution in [0.15, 0.2) is 12.1 Å². The van der Waals surface area contributed by atoms with Crippen LogP contribution < -0.4 is 10.6 Å². The number of amides is 3. The lowest BCUT2D eigenvalue weighted by atomic mass is 10.0. The Morgan fingerprint density at radius 1 is 1.26 bits per heavy atom. The molecule has 0 aliphatic carbocycles. The van der Waals surface area contributed by atoms with Gasteiger partial charge in [0.05, 0.1) is 19.0 Å². The van der Waals surface area contributed by atoms with Gasteiger partial charge in [0, 0.05) is 12.0 Å². The number of rotatable bonds is 9. The van der Waals surface area contributed by atoms with Gasteiger partial charge in [-0.05, 0) is 43.5 Å². The number of carboxylic acids is 1. The number of nitrogens with one attached hydrogen (secondary N) is 2. The van der Waals surface area contributed by atoms with Crippen LogP contribution in [0.1, 0.15) is 48.2 Å². The van der Waals surface area contributed by atoms with Crippen molar-refractivity contribution in [2.24, 2.45) is 0 Å². The average molecular weight is 483 g/mol. The molecule has 0 radical (unpaired) electrons. The van der Waals surface area contributed by atoms with Gasteiger partial charge >= 0.3 is 5.97 Å². The predicted octanol–water partition coefficient (Wildman–Crippen LogP) is 0.776. The van der Waals surface area contributed by atoms with Gasteiger partial charge in [0.2, 0.25) is 11.8 Å². The highest BCUT2D eigenvalue weighted by Crippen LogP contribution is 2.33. The van der Waals surface area contributed by atoms with Gasteiger partial charge in [0.1, 0.15) is 24.1 Å². The minimum Gasteiger partial charge on any atom is -0.507 e. The van der Waals surface area contributed by atoms with Crippen LogP contribution in [0.3, 0.4) is 0 Å². The number of aryl methyl sites for hydroxylation is 2. The number of alkyl halides is 2. The predicted molar refractivity (Wildman–Crippen MR) is 114 cm³/mol. The Morgan fingerprint density at radius 2 is 1.91 bits per heavy atom. The summed E-state index contributed by atoms with van der Waals surface area (Å²) >= 11 is 0. The van der Waals surface area contributed by atoms with E-state index in [1.807, 2.05) is 0 Å². The van der Waals surface area contributed by atoms with Gasteiger partial charge in [-0.25, -0.2) is 8.78 Å². The van der Waals surface area contributed by atoms with Gasteiger partial charge in [-0.2, -0.15) is 0 Å². The molecule has 3 atom stereocenters. The van der Waals surface area contributed by atoms with E-state index in [1.54, 1.807) is 13.8 Å². The molecule has 34 heavy (non-hydrogen) atoms. The molecule has 12 heteroatoms. The van der Waals surface area contributed by atoms with Crippen LogP contribution in [0.4, 0.5) is 8.78 Å². The zero-order valence-corrected chi connectivity index (χ0v) is 18.9. The summed E-state index contributed by atoms with van der Waals surface area (Å²) in [6.45, 7) is 3.59. The summed E-state index contributed by atoms with van der Waals surface area (Å²) in [4.78, 5) is 60.5. The average Bonchev–Trinajstić information content (AvgIpc) is 3.09. The van der Waals surface area contributed by atoms with Crippen LogP contribution >= 0.6 is 0 Å². The van der Waals surface area contributed by atoms with E-state index in [0.29, 0.717) is 22.4 Å². The summed E-state index contributed by atoms with van der Waals surface area (Å²) in [5, 5.41) is 23.3. The first-order valence-electron chi connectivity index (χ1n) is 10.6. The van der Waals surface area contributed by atoms with E-state index < -0.39 is 67.1 Å². The number of aliphatic carboxylic acids is 1. The van der Waals surface area contributed by atoms with E-state index >= 15 is 0 Å². The molecule has 1 aliphatic rings. The fourth-order valence-corrected chi connectivity index (χ4v) is 3.73. The van der Waals surface area contributed by atoms with Crippen LogP contribution in [0.5, 0.6) is 5.75 Å². The summed E-state index contributed by atoms with van der Waals surface area (Å²) in [6.07, 6.45) is -1.14. The Bertz CT molecular complexity index is 999. The number of aldehydes is 1. The molecule has 1 fully saturated rings. The molecule has 0 spiro atoms. The Kier molecular flexibility index (Phi) is 8.30. The van der Waals surface area contributed by atoms with Crippen LogP contribution in [0.25, 0.3) is 0 Å². The molecular formula is C22H27F2N3O7. The Balaban J connectivity index is 2.17. The maximum absolute atomic E-state index is 14.1. The van der Waals surface area contributed by atoms with Crippen molar-refractivity contribution in [3.8, 4) is 5.75 Å². The number of phenols is 1. The monoisotopic (exact) mass is 483 g/mol. The number of hydrogen-bond acceptors (Lipinski definition) is 6. The fourth-order valence-electron chi connectivity index (χ4n) is 3.73. The molecule has 1 aromatic carbocycles. The first-order valence-corrected chi connectivity index (χ1v) is 10.6. The minimum atomic E-state index is -3.39. The second-order valence-corrected chi connectivity index (χ2v) is 8.24. The molecule has 1 saturated heterocycles. The van der Waals surface area contributed by atoms with Crippen LogP contribution in [-0.2, 0) is 25.6 Å². The summed E-state index contributed by atoms with van der Waals surface area (Å²) in [5.74, 6) is -7.44. The number of likely N-dealkylation sites (tertiary alicyclic amines) is 1. The van der Waals surface area contributed by atoms with E-state index in [-0.39, 0.29) is 17.6 Å². The van der Waals surface area contributed by atoms with Gasteiger partial charge in [0.25, 0.3) is 11.8 Å². The number of phenolic OH excluding ortho intramolecular Hbond substituents is 1. The Hall–Kier alpha value is -3.57. The second-order valence-electron chi connectivity index (χ2n) is 8.24. The number of halogens is 2. The third-order valence-corrected chi connectivity index (χ3v) is 5.48. The molecule has 1 aromatic rings. The van der Waals surface area contributed by atoms with E-state index in [2.05, 4.69) is 10.6 Å². The molecule has 0 unspecified atom stereocenters. The highest BCUT2D eigenvalue weighted by molar-refractivity contribution is 5.99. The number of nitrogens with zero attached hydrogens (tertiary/aromatic N) is 1. The topological polar surface area (TPSA) is 153 Å². The van der Waals surface area contributed by atoms with Gasteiger partial charge in [-0.1, -0.05) is 6.92 Å². The SMILES string of the molecule is CCc1cc(C(=O)N[C@@H](C)C(=O)N2CC(F)(F)C[C@H]2C(=O)N[C@H](C=O)CC(=O)O)cc(C)c1O. The van der Waals surface area contributed by atoms with Crippen molar-refractivity contribution in [3.63, 3.8) is 0 Å². The van der Waals surface area contributed by atoms with Crippen molar-refractivity contribution in [1.29, 1.82) is 0 Å². The third kappa shape index (κ3) is 6.27. The number of aromatic hydroxyl groups is 1. The molecule has 1 heterocycles. The summed E-state index contributed by atoms with van der Waals surface area (Å²) < 4.78 is 28.2. The second kappa shape index (κ2) is 10.6. The highest BCUT2D eigenvalue weighted by atomic mass is 19.3. The quantitative estimate of drug-likeness (QED) is 0.379. The molecule has 186 valence electrons. The molecule has 0 saturated carbocycles. The van der Waals surface area contributed by atoms with Gasteiger partial charge in [-0.15, -0.1) is 0 Å². The fraction of sp³-hybridized carbons (Fsp3) is 0.500. The molecule has 3 amide bonds. The molecule has 0 aromatic heterocycles. The molecular weight excluding hydrogens is 456 g/mol. The summed E-state index contributed by atoms with van der Waals surface area (Å²) in [6, 6.07) is -1.50. The number of carbonyl (C=O) groups excluding carboxylic acids is 4. The van der Waals surface area contributed by atoms with E-state index in [0.717, 1.165) is 0 Å². The normalized spacial score (nSPS) is 18.6. The molecule has 10 nitrogen and oxygen atoms in total. The first-order chi connectivity index (χ1) is 15.8. The summed E-state index contributed by atoms with van der Waals surface area (Å²) in [7, 11) is 0. The molecule has 1 aliphatic heterocycles. The largest absolute Gasteiger partial charge is 0.507 e. The molecule has 0 bridgehead atoms. The maximum Gasteiger partial charge on any atom is 0.305 e. The van der Waals surface area contributed by atoms with E-state index in [1.165, 1.54) is 19.1 Å². The van der Waals surface area contributed by atoms with Crippen molar-refractivity contribution in [2.45, 2.75) is 64.1 Å².